The zero-order valence-corrected chi connectivity index (χ0v) is 12.1. The molecule has 2 aromatic rings. The van der Waals surface area contributed by atoms with Crippen LogP contribution in [0, 0.1) is 10.1 Å². The molecule has 0 aliphatic heterocycles. The minimum Gasteiger partial charge on any atom is -0.488 e. The van der Waals surface area contributed by atoms with Crippen LogP contribution in [0.25, 0.3) is 0 Å². The maximum atomic E-state index is 11.0. The van der Waals surface area contributed by atoms with Gasteiger partial charge in [0, 0.05) is 11.1 Å². The van der Waals surface area contributed by atoms with Gasteiger partial charge in [0.2, 0.25) is 0 Å². The van der Waals surface area contributed by atoms with Crippen LogP contribution >= 0.6 is 23.2 Å². The van der Waals surface area contributed by atoms with E-state index < -0.39 is 4.92 Å². The highest BCUT2D eigenvalue weighted by molar-refractivity contribution is 6.31. The van der Waals surface area contributed by atoms with Gasteiger partial charge < -0.3 is 4.74 Å². The van der Waals surface area contributed by atoms with Crippen LogP contribution in [0.1, 0.15) is 15.9 Å². The molecular formula is C14H9Cl2NO4. The summed E-state index contributed by atoms with van der Waals surface area (Å²) in [6.45, 7) is -0.127. The van der Waals surface area contributed by atoms with Crippen LogP contribution in [0.3, 0.4) is 0 Å². The fourth-order valence-electron chi connectivity index (χ4n) is 1.75. The zero-order chi connectivity index (χ0) is 15.4. The van der Waals surface area contributed by atoms with Crippen molar-refractivity contribution in [2.75, 3.05) is 0 Å². The van der Waals surface area contributed by atoms with Gasteiger partial charge in [0.1, 0.15) is 12.4 Å². The molecule has 0 aromatic heterocycles. The van der Waals surface area contributed by atoms with Gasteiger partial charge in [0.15, 0.2) is 6.29 Å². The van der Waals surface area contributed by atoms with E-state index >= 15 is 0 Å². The van der Waals surface area contributed by atoms with Crippen molar-refractivity contribution in [1.29, 1.82) is 0 Å². The van der Waals surface area contributed by atoms with E-state index in [9.17, 15) is 14.9 Å². The molecule has 0 bridgehead atoms. The lowest BCUT2D eigenvalue weighted by molar-refractivity contribution is -0.385. The minimum absolute atomic E-state index is 0.127. The Morgan fingerprint density at radius 3 is 2.67 bits per heavy atom. The highest BCUT2D eigenvalue weighted by Gasteiger charge is 2.17. The Labute approximate surface area is 130 Å². The Bertz CT molecular complexity index is 703. The van der Waals surface area contributed by atoms with Gasteiger partial charge in [0.25, 0.3) is 5.69 Å². The van der Waals surface area contributed by atoms with Crippen LogP contribution in [0.4, 0.5) is 5.69 Å². The summed E-state index contributed by atoms with van der Waals surface area (Å²) in [4.78, 5) is 21.4. The van der Waals surface area contributed by atoms with E-state index in [4.69, 9.17) is 27.9 Å². The van der Waals surface area contributed by atoms with Crippen LogP contribution < -0.4 is 4.74 Å². The Morgan fingerprint density at radius 1 is 1.24 bits per heavy atom. The van der Waals surface area contributed by atoms with Gasteiger partial charge in [-0.25, -0.2) is 0 Å². The van der Waals surface area contributed by atoms with E-state index in [1.165, 1.54) is 30.3 Å². The third-order valence-electron chi connectivity index (χ3n) is 2.76. The van der Waals surface area contributed by atoms with Gasteiger partial charge in [-0.1, -0.05) is 29.3 Å². The summed E-state index contributed by atoms with van der Waals surface area (Å²) in [5.41, 5.74) is 0.372. The number of nitro groups is 1. The molecule has 0 unspecified atom stereocenters. The summed E-state index contributed by atoms with van der Waals surface area (Å²) in [5.74, 6) is 0.281. The molecule has 0 amide bonds. The van der Waals surface area contributed by atoms with E-state index in [-0.39, 0.29) is 34.2 Å². The summed E-state index contributed by atoms with van der Waals surface area (Å²) in [6.07, 6.45) is 0.599. The Hall–Kier alpha value is -2.11. The Morgan fingerprint density at radius 2 is 2.00 bits per heavy atom. The summed E-state index contributed by atoms with van der Waals surface area (Å²) in [6, 6.07) is 8.90. The van der Waals surface area contributed by atoms with Crippen molar-refractivity contribution in [3.05, 3.63) is 67.7 Å². The van der Waals surface area contributed by atoms with E-state index in [0.717, 1.165) is 0 Å². The lowest BCUT2D eigenvalue weighted by atomic mass is 10.2. The van der Waals surface area contributed by atoms with E-state index in [0.29, 0.717) is 11.3 Å². The van der Waals surface area contributed by atoms with E-state index in [1.54, 1.807) is 6.07 Å². The van der Waals surface area contributed by atoms with Crippen LogP contribution in [-0.2, 0) is 6.61 Å². The second-order valence-electron chi connectivity index (χ2n) is 4.08. The number of hydrogen-bond acceptors (Lipinski definition) is 4. The van der Waals surface area contributed by atoms with Crippen molar-refractivity contribution in [3.63, 3.8) is 0 Å². The predicted molar refractivity (Wildman–Crippen MR) is 79.3 cm³/mol. The third-order valence-corrected chi connectivity index (χ3v) is 3.35. The quantitative estimate of drug-likeness (QED) is 0.467. The summed E-state index contributed by atoms with van der Waals surface area (Å²) in [7, 11) is 0. The number of ether oxygens (including phenoxy) is 1. The van der Waals surface area contributed by atoms with Crippen LogP contribution in [0.2, 0.25) is 10.0 Å². The first-order chi connectivity index (χ1) is 10.0. The topological polar surface area (TPSA) is 69.4 Å². The van der Waals surface area contributed by atoms with Crippen molar-refractivity contribution < 1.29 is 14.5 Å². The molecule has 0 aliphatic carbocycles. The largest absolute Gasteiger partial charge is 0.488 e. The molecule has 0 aliphatic rings. The molecule has 0 saturated carbocycles. The SMILES string of the molecule is O=Cc1cc(Cl)ccc1OCc1c(Cl)cccc1[N+](=O)[O-]. The molecule has 2 rings (SSSR count). The molecule has 2 aromatic carbocycles. The van der Waals surface area contributed by atoms with Crippen molar-refractivity contribution in [2.45, 2.75) is 6.61 Å². The number of rotatable bonds is 5. The molecule has 0 atom stereocenters. The summed E-state index contributed by atoms with van der Waals surface area (Å²) >= 11 is 11.7. The molecule has 7 heteroatoms. The third kappa shape index (κ3) is 3.51. The van der Waals surface area contributed by atoms with Crippen molar-refractivity contribution in [2.24, 2.45) is 0 Å². The first-order valence-electron chi connectivity index (χ1n) is 5.82. The molecule has 0 spiro atoms. The van der Waals surface area contributed by atoms with Gasteiger partial charge in [-0.2, -0.15) is 0 Å². The number of carbonyl (C=O) groups is 1. The lowest BCUT2D eigenvalue weighted by Crippen LogP contribution is -2.03. The van der Waals surface area contributed by atoms with E-state index in [2.05, 4.69) is 0 Å². The standard InChI is InChI=1S/C14H9Cl2NO4/c15-10-4-5-14(9(6-10)7-18)21-8-11-12(16)2-1-3-13(11)17(19)20/h1-7H,8H2. The average Bonchev–Trinajstić information content (AvgIpc) is 2.46. The molecule has 0 radical (unpaired) electrons. The maximum Gasteiger partial charge on any atom is 0.277 e. The Kier molecular flexibility index (Phi) is 4.77. The molecule has 0 N–H and O–H groups in total. The number of halogens is 2. The van der Waals surface area contributed by atoms with Crippen molar-refractivity contribution in [3.8, 4) is 5.75 Å². The predicted octanol–water partition coefficient (Wildman–Crippen LogP) is 4.29. The second-order valence-corrected chi connectivity index (χ2v) is 4.93. The first kappa shape index (κ1) is 15.3. The number of nitro benzene ring substituents is 1. The summed E-state index contributed by atoms with van der Waals surface area (Å²) in [5, 5.41) is 11.6. The van der Waals surface area contributed by atoms with Gasteiger partial charge in [-0.3, -0.25) is 14.9 Å². The van der Waals surface area contributed by atoms with Gasteiger partial charge in [0.05, 0.1) is 21.1 Å². The van der Waals surface area contributed by atoms with Gasteiger partial charge in [-0.15, -0.1) is 0 Å². The molecule has 21 heavy (non-hydrogen) atoms. The van der Waals surface area contributed by atoms with Gasteiger partial charge >= 0.3 is 0 Å². The molecule has 0 fully saturated rings. The Balaban J connectivity index is 2.29. The highest BCUT2D eigenvalue weighted by Crippen LogP contribution is 2.29. The number of carbonyl (C=O) groups excluding carboxylic acids is 1. The van der Waals surface area contributed by atoms with Crippen molar-refractivity contribution >= 4 is 35.2 Å². The summed E-state index contributed by atoms with van der Waals surface area (Å²) < 4.78 is 5.46. The van der Waals surface area contributed by atoms with E-state index in [1.807, 2.05) is 0 Å². The number of benzene rings is 2. The molecule has 5 nitrogen and oxygen atoms in total. The zero-order valence-electron chi connectivity index (χ0n) is 10.6. The van der Waals surface area contributed by atoms with Crippen LogP contribution in [0.15, 0.2) is 36.4 Å². The smallest absolute Gasteiger partial charge is 0.277 e. The normalized spacial score (nSPS) is 10.2. The first-order valence-corrected chi connectivity index (χ1v) is 6.58. The molecule has 108 valence electrons. The number of hydrogen-bond donors (Lipinski definition) is 0. The fourth-order valence-corrected chi connectivity index (χ4v) is 2.16. The second kappa shape index (κ2) is 6.56. The average molecular weight is 326 g/mol. The monoisotopic (exact) mass is 325 g/mol. The fraction of sp³-hybridized carbons (Fsp3) is 0.0714. The van der Waals surface area contributed by atoms with Crippen molar-refractivity contribution in [1.82, 2.24) is 0 Å². The number of aldehydes is 1. The van der Waals surface area contributed by atoms with Gasteiger partial charge in [-0.05, 0) is 24.3 Å². The highest BCUT2D eigenvalue weighted by atomic mass is 35.5. The maximum absolute atomic E-state index is 11.0. The molecular weight excluding hydrogens is 317 g/mol. The van der Waals surface area contributed by atoms with Crippen LogP contribution in [-0.4, -0.2) is 11.2 Å². The minimum atomic E-state index is -0.535. The number of nitrogens with zero attached hydrogens (tertiary/aromatic N) is 1. The molecule has 0 heterocycles. The lowest BCUT2D eigenvalue weighted by Gasteiger charge is -2.10. The molecule has 0 saturated heterocycles. The van der Waals surface area contributed by atoms with Crippen LogP contribution in [0.5, 0.6) is 5.75 Å².